The van der Waals surface area contributed by atoms with Gasteiger partial charge in [0.05, 0.1) is 24.6 Å². The number of nitrogens with zero attached hydrogens (tertiary/aromatic N) is 3. The minimum absolute atomic E-state index is 0.0452. The van der Waals surface area contributed by atoms with E-state index in [9.17, 15) is 9.59 Å². The van der Waals surface area contributed by atoms with Crippen LogP contribution in [0.2, 0.25) is 0 Å². The number of esters is 2. The van der Waals surface area contributed by atoms with Crippen LogP contribution in [-0.2, 0) is 14.3 Å². The fourth-order valence-electron chi connectivity index (χ4n) is 2.12. The van der Waals surface area contributed by atoms with Gasteiger partial charge in [-0.3, -0.25) is 0 Å². The molecule has 0 aliphatic heterocycles. The molecular weight excluding hydrogens is 338 g/mol. The number of carbonyl (C=O) groups is 2. The molecule has 136 valence electrons. The Morgan fingerprint density at radius 1 is 1.08 bits per heavy atom. The third kappa shape index (κ3) is 4.53. The molecule has 1 heterocycles. The summed E-state index contributed by atoms with van der Waals surface area (Å²) in [4.78, 5) is 35.4. The second-order valence-corrected chi connectivity index (χ2v) is 4.97. The van der Waals surface area contributed by atoms with Gasteiger partial charge in [0, 0.05) is 5.56 Å². The standard InChI is InChI=1S/C17H19N5O4/c1-3-25-12(23)9-20-11-7-5-10(6-8-11)14-13(16(24)26-4-2)15(18)22-17(19)21-14/h5-9H,3-4H2,1-2H3,(H4,18,19,21,22). The molecule has 0 unspecified atom stereocenters. The smallest absolute Gasteiger partial charge is 0.349 e. The maximum absolute atomic E-state index is 12.2. The first kappa shape index (κ1) is 18.8. The highest BCUT2D eigenvalue weighted by Gasteiger charge is 2.21. The van der Waals surface area contributed by atoms with Gasteiger partial charge in [0.1, 0.15) is 17.6 Å². The Labute approximate surface area is 150 Å². The summed E-state index contributed by atoms with van der Waals surface area (Å²) in [6, 6.07) is 6.63. The quantitative estimate of drug-likeness (QED) is 0.588. The van der Waals surface area contributed by atoms with Crippen molar-refractivity contribution in [3.63, 3.8) is 0 Å². The molecule has 2 rings (SSSR count). The lowest BCUT2D eigenvalue weighted by atomic mass is 10.1. The summed E-state index contributed by atoms with van der Waals surface area (Å²) < 4.78 is 9.77. The van der Waals surface area contributed by atoms with Gasteiger partial charge in [0.2, 0.25) is 5.95 Å². The van der Waals surface area contributed by atoms with Crippen molar-refractivity contribution in [1.29, 1.82) is 0 Å². The van der Waals surface area contributed by atoms with Crippen LogP contribution in [0.3, 0.4) is 0 Å². The van der Waals surface area contributed by atoms with Gasteiger partial charge in [-0.25, -0.2) is 19.6 Å². The molecule has 0 fully saturated rings. The molecule has 1 aromatic heterocycles. The maximum Gasteiger partial charge on any atom is 0.349 e. The molecule has 0 aliphatic carbocycles. The number of hydrogen-bond donors (Lipinski definition) is 2. The van der Waals surface area contributed by atoms with E-state index in [0.717, 1.165) is 6.21 Å². The molecule has 2 aromatic rings. The van der Waals surface area contributed by atoms with Crippen molar-refractivity contribution < 1.29 is 19.1 Å². The largest absolute Gasteiger partial charge is 0.462 e. The summed E-state index contributed by atoms with van der Waals surface area (Å²) in [5, 5.41) is 0. The Morgan fingerprint density at radius 2 is 1.73 bits per heavy atom. The molecule has 4 N–H and O–H groups in total. The zero-order valence-electron chi connectivity index (χ0n) is 14.4. The van der Waals surface area contributed by atoms with Crippen LogP contribution in [0.1, 0.15) is 24.2 Å². The first-order valence-electron chi connectivity index (χ1n) is 7.87. The van der Waals surface area contributed by atoms with Gasteiger partial charge in [-0.2, -0.15) is 4.98 Å². The molecule has 0 saturated heterocycles. The number of hydrogen-bond acceptors (Lipinski definition) is 9. The van der Waals surface area contributed by atoms with Crippen molar-refractivity contribution in [1.82, 2.24) is 9.97 Å². The van der Waals surface area contributed by atoms with Gasteiger partial charge in [-0.05, 0) is 26.0 Å². The second kappa shape index (κ2) is 8.56. The van der Waals surface area contributed by atoms with Gasteiger partial charge in [0.15, 0.2) is 0 Å². The normalized spacial score (nSPS) is 10.7. The van der Waals surface area contributed by atoms with Crippen LogP contribution in [-0.4, -0.2) is 41.3 Å². The number of nitrogens with two attached hydrogens (primary N) is 2. The lowest BCUT2D eigenvalue weighted by molar-refractivity contribution is -0.134. The van der Waals surface area contributed by atoms with Crippen molar-refractivity contribution in [3.8, 4) is 11.3 Å². The monoisotopic (exact) mass is 357 g/mol. The number of aromatic nitrogens is 2. The highest BCUT2D eigenvalue weighted by molar-refractivity contribution is 6.23. The van der Waals surface area contributed by atoms with Gasteiger partial charge < -0.3 is 20.9 Å². The predicted octanol–water partition coefficient (Wildman–Crippen LogP) is 1.75. The first-order valence-corrected chi connectivity index (χ1v) is 7.87. The number of rotatable bonds is 6. The molecule has 0 spiro atoms. The van der Waals surface area contributed by atoms with Gasteiger partial charge in [-0.1, -0.05) is 12.1 Å². The third-order valence-electron chi connectivity index (χ3n) is 3.18. The first-order chi connectivity index (χ1) is 12.5. The number of carbonyl (C=O) groups excluding carboxylic acids is 2. The Bertz CT molecular complexity index is 834. The van der Waals surface area contributed by atoms with Crippen molar-refractivity contribution in [2.24, 2.45) is 4.99 Å². The number of ether oxygens (including phenoxy) is 2. The van der Waals surface area contributed by atoms with Crippen LogP contribution in [0.15, 0.2) is 29.3 Å². The summed E-state index contributed by atoms with van der Waals surface area (Å²) in [6.45, 7) is 3.85. The van der Waals surface area contributed by atoms with E-state index >= 15 is 0 Å². The molecule has 1 aromatic carbocycles. The average molecular weight is 357 g/mol. The summed E-state index contributed by atoms with van der Waals surface area (Å²) in [5.74, 6) is -1.28. The van der Waals surface area contributed by atoms with Crippen LogP contribution in [0.4, 0.5) is 17.5 Å². The van der Waals surface area contributed by atoms with Crippen LogP contribution >= 0.6 is 0 Å². The summed E-state index contributed by atoms with van der Waals surface area (Å²) >= 11 is 0. The van der Waals surface area contributed by atoms with E-state index in [1.807, 2.05) is 0 Å². The summed E-state index contributed by atoms with van der Waals surface area (Å²) in [5.41, 5.74) is 12.9. The minimum Gasteiger partial charge on any atom is -0.462 e. The van der Waals surface area contributed by atoms with Crippen LogP contribution in [0.25, 0.3) is 11.3 Å². The van der Waals surface area contributed by atoms with E-state index in [1.165, 1.54) is 0 Å². The minimum atomic E-state index is -0.635. The van der Waals surface area contributed by atoms with E-state index < -0.39 is 11.9 Å². The summed E-state index contributed by atoms with van der Waals surface area (Å²) in [7, 11) is 0. The van der Waals surface area contributed by atoms with Gasteiger partial charge >= 0.3 is 11.9 Å². The fraction of sp³-hybridized carbons (Fsp3) is 0.235. The molecule has 9 heteroatoms. The van der Waals surface area contributed by atoms with Gasteiger partial charge in [-0.15, -0.1) is 0 Å². The molecular formula is C17H19N5O4. The second-order valence-electron chi connectivity index (χ2n) is 4.97. The number of aliphatic imine (C=N–C) groups is 1. The average Bonchev–Trinajstić information content (AvgIpc) is 2.60. The van der Waals surface area contributed by atoms with E-state index in [4.69, 9.17) is 20.9 Å². The summed E-state index contributed by atoms with van der Waals surface area (Å²) in [6.07, 6.45) is 1.09. The van der Waals surface area contributed by atoms with E-state index in [1.54, 1.807) is 38.1 Å². The van der Waals surface area contributed by atoms with Gasteiger partial charge in [0.25, 0.3) is 0 Å². The number of anilines is 2. The Hall–Kier alpha value is -3.49. The van der Waals surface area contributed by atoms with Crippen molar-refractivity contribution in [2.75, 3.05) is 24.7 Å². The molecule has 0 aliphatic rings. The SMILES string of the molecule is CCOC(=O)C=Nc1ccc(-c2nc(N)nc(N)c2C(=O)OCC)cc1. The highest BCUT2D eigenvalue weighted by Crippen LogP contribution is 2.28. The zero-order chi connectivity index (χ0) is 19.1. The highest BCUT2D eigenvalue weighted by atomic mass is 16.5. The van der Waals surface area contributed by atoms with Crippen LogP contribution < -0.4 is 11.5 Å². The van der Waals surface area contributed by atoms with Crippen molar-refractivity contribution >= 4 is 35.6 Å². The zero-order valence-corrected chi connectivity index (χ0v) is 14.4. The van der Waals surface area contributed by atoms with E-state index in [-0.39, 0.29) is 36.2 Å². The number of benzene rings is 1. The fourth-order valence-corrected chi connectivity index (χ4v) is 2.12. The topological polar surface area (TPSA) is 143 Å². The maximum atomic E-state index is 12.2. The molecule has 0 bridgehead atoms. The third-order valence-corrected chi connectivity index (χ3v) is 3.18. The number of nitrogen functional groups attached to an aromatic ring is 2. The lowest BCUT2D eigenvalue weighted by Crippen LogP contribution is -2.14. The Morgan fingerprint density at radius 3 is 2.35 bits per heavy atom. The predicted molar refractivity (Wildman–Crippen MR) is 97.0 cm³/mol. The van der Waals surface area contributed by atoms with Crippen molar-refractivity contribution in [2.45, 2.75) is 13.8 Å². The molecule has 0 radical (unpaired) electrons. The molecule has 0 atom stereocenters. The van der Waals surface area contributed by atoms with E-state index in [2.05, 4.69) is 15.0 Å². The van der Waals surface area contributed by atoms with Crippen molar-refractivity contribution in [3.05, 3.63) is 29.8 Å². The Kier molecular flexibility index (Phi) is 6.20. The van der Waals surface area contributed by atoms with Crippen LogP contribution in [0, 0.1) is 0 Å². The molecule has 26 heavy (non-hydrogen) atoms. The lowest BCUT2D eigenvalue weighted by Gasteiger charge is -2.11. The molecule has 0 amide bonds. The molecule has 0 saturated carbocycles. The van der Waals surface area contributed by atoms with E-state index in [0.29, 0.717) is 11.3 Å². The Balaban J connectivity index is 2.36. The van der Waals surface area contributed by atoms with Crippen LogP contribution in [0.5, 0.6) is 0 Å². The molecule has 9 nitrogen and oxygen atoms in total.